The summed E-state index contributed by atoms with van der Waals surface area (Å²) in [4.78, 5) is 9.59. The van der Waals surface area contributed by atoms with Crippen LogP contribution in [-0.2, 0) is 6.42 Å². The molecule has 1 aromatic rings. The SMILES string of the molecule is C=C(NCCc1cccc(F)c1)[N+](=O)[O-]. The second-order valence-corrected chi connectivity index (χ2v) is 3.01. The molecule has 5 heteroatoms. The van der Waals surface area contributed by atoms with Crippen LogP contribution in [0.4, 0.5) is 4.39 Å². The Labute approximate surface area is 86.6 Å². The van der Waals surface area contributed by atoms with Gasteiger partial charge in [-0.3, -0.25) is 5.32 Å². The van der Waals surface area contributed by atoms with Crippen LogP contribution in [0, 0.1) is 15.9 Å². The summed E-state index contributed by atoms with van der Waals surface area (Å²) in [7, 11) is 0. The van der Waals surface area contributed by atoms with E-state index in [0.717, 1.165) is 5.56 Å². The van der Waals surface area contributed by atoms with E-state index < -0.39 is 4.92 Å². The van der Waals surface area contributed by atoms with Gasteiger partial charge in [-0.15, -0.1) is 0 Å². The molecule has 0 fully saturated rings. The lowest BCUT2D eigenvalue weighted by Crippen LogP contribution is -2.21. The Morgan fingerprint density at radius 3 is 2.93 bits per heavy atom. The zero-order valence-corrected chi connectivity index (χ0v) is 8.07. The summed E-state index contributed by atoms with van der Waals surface area (Å²) < 4.78 is 12.7. The maximum atomic E-state index is 12.7. The van der Waals surface area contributed by atoms with Crippen LogP contribution in [0.5, 0.6) is 0 Å². The molecule has 0 aliphatic heterocycles. The first-order valence-corrected chi connectivity index (χ1v) is 4.41. The lowest BCUT2D eigenvalue weighted by atomic mass is 10.1. The van der Waals surface area contributed by atoms with E-state index in [-0.39, 0.29) is 11.6 Å². The molecule has 0 bridgehead atoms. The monoisotopic (exact) mass is 210 g/mol. The Kier molecular flexibility index (Phi) is 3.79. The number of nitro groups is 1. The zero-order chi connectivity index (χ0) is 11.3. The average molecular weight is 210 g/mol. The van der Waals surface area contributed by atoms with Crippen LogP contribution in [0.25, 0.3) is 0 Å². The highest BCUT2D eigenvalue weighted by Crippen LogP contribution is 2.03. The van der Waals surface area contributed by atoms with Gasteiger partial charge in [-0.25, -0.2) is 4.39 Å². The maximum absolute atomic E-state index is 12.7. The molecule has 0 saturated heterocycles. The van der Waals surface area contributed by atoms with E-state index in [4.69, 9.17) is 0 Å². The van der Waals surface area contributed by atoms with Crippen molar-refractivity contribution in [3.8, 4) is 0 Å². The smallest absolute Gasteiger partial charge is 0.308 e. The minimum atomic E-state index is -0.592. The van der Waals surface area contributed by atoms with Crippen molar-refractivity contribution >= 4 is 0 Å². The first kappa shape index (κ1) is 11.2. The third-order valence-electron chi connectivity index (χ3n) is 1.85. The fraction of sp³-hybridized carbons (Fsp3) is 0.200. The van der Waals surface area contributed by atoms with E-state index >= 15 is 0 Å². The second kappa shape index (κ2) is 5.09. The van der Waals surface area contributed by atoms with E-state index in [0.29, 0.717) is 13.0 Å². The Morgan fingerprint density at radius 1 is 1.60 bits per heavy atom. The summed E-state index contributed by atoms with van der Waals surface area (Å²) in [5, 5.41) is 12.7. The topological polar surface area (TPSA) is 55.2 Å². The molecule has 0 saturated carbocycles. The molecule has 0 aromatic heterocycles. The predicted molar refractivity (Wildman–Crippen MR) is 54.2 cm³/mol. The molecular weight excluding hydrogens is 199 g/mol. The molecule has 1 N–H and O–H groups in total. The van der Waals surface area contributed by atoms with Gasteiger partial charge in [-0.05, 0) is 29.2 Å². The number of hydrogen-bond acceptors (Lipinski definition) is 3. The molecular formula is C10H11FN2O2. The number of nitrogens with one attached hydrogen (secondary N) is 1. The number of halogens is 1. The Morgan fingerprint density at radius 2 is 2.33 bits per heavy atom. The second-order valence-electron chi connectivity index (χ2n) is 3.01. The van der Waals surface area contributed by atoms with Crippen LogP contribution in [0.1, 0.15) is 5.56 Å². The summed E-state index contributed by atoms with van der Waals surface area (Å²) in [5.41, 5.74) is 0.790. The van der Waals surface area contributed by atoms with Gasteiger partial charge in [0.05, 0.1) is 6.54 Å². The number of nitrogens with zero attached hydrogens (tertiary/aromatic N) is 1. The molecule has 1 aromatic carbocycles. The van der Waals surface area contributed by atoms with Gasteiger partial charge >= 0.3 is 5.82 Å². The summed E-state index contributed by atoms with van der Waals surface area (Å²) in [6.45, 7) is 3.58. The summed E-state index contributed by atoms with van der Waals surface area (Å²) >= 11 is 0. The van der Waals surface area contributed by atoms with Gasteiger partial charge in [0.15, 0.2) is 0 Å². The number of hydrogen-bond donors (Lipinski definition) is 1. The van der Waals surface area contributed by atoms with Gasteiger partial charge in [0.25, 0.3) is 0 Å². The van der Waals surface area contributed by atoms with Crippen molar-refractivity contribution in [2.24, 2.45) is 0 Å². The Bertz CT molecular complexity index is 379. The number of benzene rings is 1. The van der Waals surface area contributed by atoms with Crippen LogP contribution < -0.4 is 5.32 Å². The highest BCUT2D eigenvalue weighted by atomic mass is 19.1. The van der Waals surface area contributed by atoms with Crippen LogP contribution in [-0.4, -0.2) is 11.5 Å². The minimum absolute atomic E-state index is 0.244. The van der Waals surface area contributed by atoms with Gasteiger partial charge in [0, 0.05) is 6.42 Å². The van der Waals surface area contributed by atoms with Crippen LogP contribution in [0.15, 0.2) is 36.7 Å². The van der Waals surface area contributed by atoms with E-state index in [1.54, 1.807) is 12.1 Å². The maximum Gasteiger partial charge on any atom is 0.308 e. The van der Waals surface area contributed by atoms with Gasteiger partial charge < -0.3 is 10.1 Å². The molecule has 15 heavy (non-hydrogen) atoms. The molecule has 1 rings (SSSR count). The average Bonchev–Trinajstić information content (AvgIpc) is 2.17. The highest BCUT2D eigenvalue weighted by molar-refractivity contribution is 5.16. The zero-order valence-electron chi connectivity index (χ0n) is 8.07. The molecule has 0 unspecified atom stereocenters. The first-order chi connectivity index (χ1) is 7.09. The molecule has 0 aliphatic rings. The fourth-order valence-corrected chi connectivity index (χ4v) is 1.11. The van der Waals surface area contributed by atoms with E-state index in [1.807, 2.05) is 0 Å². The summed E-state index contributed by atoms with van der Waals surface area (Å²) in [6.07, 6.45) is 0.518. The van der Waals surface area contributed by atoms with E-state index in [2.05, 4.69) is 11.9 Å². The largest absolute Gasteiger partial charge is 0.358 e. The van der Waals surface area contributed by atoms with Crippen molar-refractivity contribution in [2.45, 2.75) is 6.42 Å². The summed E-state index contributed by atoms with van der Waals surface area (Å²) in [5.74, 6) is -0.549. The van der Waals surface area contributed by atoms with Crippen LogP contribution >= 0.6 is 0 Å². The third kappa shape index (κ3) is 3.76. The first-order valence-electron chi connectivity index (χ1n) is 4.41. The molecule has 0 radical (unpaired) electrons. The minimum Gasteiger partial charge on any atom is -0.358 e. The van der Waals surface area contributed by atoms with E-state index in [9.17, 15) is 14.5 Å². The van der Waals surface area contributed by atoms with Gasteiger partial charge in [-0.1, -0.05) is 12.1 Å². The number of rotatable bonds is 5. The van der Waals surface area contributed by atoms with Crippen LogP contribution in [0.2, 0.25) is 0 Å². The lowest BCUT2D eigenvalue weighted by Gasteiger charge is -2.02. The molecule has 0 amide bonds. The molecule has 4 nitrogen and oxygen atoms in total. The van der Waals surface area contributed by atoms with Crippen molar-refractivity contribution < 1.29 is 9.31 Å². The highest BCUT2D eigenvalue weighted by Gasteiger charge is 2.03. The van der Waals surface area contributed by atoms with Crippen LogP contribution in [0.3, 0.4) is 0 Å². The van der Waals surface area contributed by atoms with Gasteiger partial charge in [-0.2, -0.15) is 0 Å². The molecule has 0 heterocycles. The molecule has 0 atom stereocenters. The summed E-state index contributed by atoms with van der Waals surface area (Å²) in [6, 6.07) is 6.12. The Balaban J connectivity index is 2.38. The molecule has 0 spiro atoms. The quantitative estimate of drug-likeness (QED) is 0.594. The lowest BCUT2D eigenvalue weighted by molar-refractivity contribution is -0.431. The molecule has 0 aliphatic carbocycles. The van der Waals surface area contributed by atoms with E-state index in [1.165, 1.54) is 12.1 Å². The predicted octanol–water partition coefficient (Wildman–Crippen LogP) is 1.71. The third-order valence-corrected chi connectivity index (χ3v) is 1.85. The molecule has 80 valence electrons. The normalized spacial score (nSPS) is 9.67. The van der Waals surface area contributed by atoms with Crippen molar-refractivity contribution in [2.75, 3.05) is 6.54 Å². The van der Waals surface area contributed by atoms with Crippen molar-refractivity contribution in [3.63, 3.8) is 0 Å². The van der Waals surface area contributed by atoms with Crippen molar-refractivity contribution in [3.05, 3.63) is 58.2 Å². The van der Waals surface area contributed by atoms with Gasteiger partial charge in [0.1, 0.15) is 5.82 Å². The Hall–Kier alpha value is -1.91. The van der Waals surface area contributed by atoms with Crippen molar-refractivity contribution in [1.29, 1.82) is 0 Å². The van der Waals surface area contributed by atoms with Crippen molar-refractivity contribution in [1.82, 2.24) is 5.32 Å². The standard InChI is InChI=1S/C10H11FN2O2/c1-8(13(14)15)12-6-5-9-3-2-4-10(11)7-9/h2-4,7,12H,1,5-6H2. The van der Waals surface area contributed by atoms with Gasteiger partial charge in [0.2, 0.25) is 0 Å². The fourth-order valence-electron chi connectivity index (χ4n) is 1.11.